The van der Waals surface area contributed by atoms with Crippen LogP contribution in [0.15, 0.2) is 12.1 Å². The highest BCUT2D eigenvalue weighted by Crippen LogP contribution is 2.27. The van der Waals surface area contributed by atoms with Gasteiger partial charge in [-0.2, -0.15) is 4.39 Å². The molecule has 2 aromatic heterocycles. The van der Waals surface area contributed by atoms with Gasteiger partial charge in [-0.1, -0.05) is 23.2 Å². The molecule has 0 aromatic carbocycles. The SMILES string of the molecule is Nc1nc(-c2ccc(Cl)nc2F)nc(C(=O)OI)c1Cl. The Balaban J connectivity index is 2.63. The molecule has 2 heterocycles. The molecule has 0 spiro atoms. The molecule has 10 heteroatoms. The summed E-state index contributed by atoms with van der Waals surface area (Å²) in [6.07, 6.45) is 0. The van der Waals surface area contributed by atoms with Crippen LogP contribution in [0, 0.1) is 5.95 Å². The van der Waals surface area contributed by atoms with Crippen LogP contribution in [0.25, 0.3) is 11.4 Å². The molecule has 0 fully saturated rings. The first kappa shape index (κ1) is 15.1. The van der Waals surface area contributed by atoms with Crippen molar-refractivity contribution in [3.05, 3.63) is 34.0 Å². The van der Waals surface area contributed by atoms with E-state index in [0.29, 0.717) is 0 Å². The smallest absolute Gasteiger partial charge is 0.368 e. The van der Waals surface area contributed by atoms with Gasteiger partial charge in [-0.3, -0.25) is 0 Å². The number of nitrogens with zero attached hydrogens (tertiary/aromatic N) is 3. The van der Waals surface area contributed by atoms with Gasteiger partial charge in [0.25, 0.3) is 0 Å². The monoisotopic (exact) mass is 428 g/mol. The maximum absolute atomic E-state index is 13.7. The Morgan fingerprint density at radius 1 is 1.30 bits per heavy atom. The van der Waals surface area contributed by atoms with Gasteiger partial charge in [0, 0.05) is 0 Å². The molecule has 104 valence electrons. The average Bonchev–Trinajstić information content (AvgIpc) is 2.41. The second-order valence-electron chi connectivity index (χ2n) is 3.43. The van der Waals surface area contributed by atoms with Crippen molar-refractivity contribution >= 4 is 58.0 Å². The van der Waals surface area contributed by atoms with E-state index in [0.717, 1.165) is 0 Å². The van der Waals surface area contributed by atoms with E-state index in [1.807, 2.05) is 0 Å². The number of hydrogen-bond acceptors (Lipinski definition) is 6. The Kier molecular flexibility index (Phi) is 4.55. The van der Waals surface area contributed by atoms with Gasteiger partial charge in [0.15, 0.2) is 34.5 Å². The topological polar surface area (TPSA) is 91.0 Å². The number of nitrogens with two attached hydrogens (primary N) is 1. The zero-order valence-electron chi connectivity index (χ0n) is 9.40. The van der Waals surface area contributed by atoms with Crippen LogP contribution < -0.4 is 5.73 Å². The summed E-state index contributed by atoms with van der Waals surface area (Å²) in [5, 5.41) is -0.196. The number of carbonyl (C=O) groups is 1. The van der Waals surface area contributed by atoms with E-state index in [1.54, 1.807) is 0 Å². The van der Waals surface area contributed by atoms with E-state index in [9.17, 15) is 9.18 Å². The van der Waals surface area contributed by atoms with E-state index in [1.165, 1.54) is 35.1 Å². The maximum atomic E-state index is 13.7. The van der Waals surface area contributed by atoms with Crippen molar-refractivity contribution in [3.8, 4) is 11.4 Å². The van der Waals surface area contributed by atoms with Crippen molar-refractivity contribution in [1.29, 1.82) is 0 Å². The van der Waals surface area contributed by atoms with Gasteiger partial charge >= 0.3 is 5.97 Å². The van der Waals surface area contributed by atoms with Crippen LogP contribution in [-0.4, -0.2) is 20.9 Å². The first-order valence-corrected chi connectivity index (χ1v) is 6.56. The Morgan fingerprint density at radius 2 is 2.00 bits per heavy atom. The number of anilines is 1. The fraction of sp³-hybridized carbons (Fsp3) is 0. The van der Waals surface area contributed by atoms with Gasteiger partial charge in [-0.15, -0.1) is 0 Å². The van der Waals surface area contributed by atoms with Gasteiger partial charge in [0.05, 0.1) is 5.56 Å². The van der Waals surface area contributed by atoms with Crippen LogP contribution in [0.4, 0.5) is 10.2 Å². The molecule has 0 saturated carbocycles. The number of nitrogen functional groups attached to an aromatic ring is 1. The third-order valence-corrected chi connectivity index (χ3v) is 3.18. The number of pyridine rings is 1. The molecule has 2 aromatic rings. The fourth-order valence-corrected chi connectivity index (χ4v) is 1.84. The van der Waals surface area contributed by atoms with Crippen LogP contribution in [0.5, 0.6) is 0 Å². The van der Waals surface area contributed by atoms with Crippen molar-refractivity contribution in [3.63, 3.8) is 0 Å². The van der Waals surface area contributed by atoms with Crippen molar-refractivity contribution in [1.82, 2.24) is 15.0 Å². The predicted molar refractivity (Wildman–Crippen MR) is 79.1 cm³/mol. The van der Waals surface area contributed by atoms with Gasteiger partial charge in [-0.25, -0.2) is 19.7 Å². The van der Waals surface area contributed by atoms with Gasteiger partial charge in [-0.05, 0) is 12.1 Å². The summed E-state index contributed by atoms with van der Waals surface area (Å²) in [5.41, 5.74) is 5.23. The molecule has 0 bridgehead atoms. The van der Waals surface area contributed by atoms with Crippen LogP contribution in [0.2, 0.25) is 10.2 Å². The molecule has 0 aliphatic carbocycles. The molecule has 20 heavy (non-hydrogen) atoms. The Bertz CT molecular complexity index is 701. The zero-order chi connectivity index (χ0) is 14.9. The lowest BCUT2D eigenvalue weighted by Crippen LogP contribution is -2.09. The van der Waals surface area contributed by atoms with Crippen LogP contribution in [0.3, 0.4) is 0 Å². The lowest BCUT2D eigenvalue weighted by Gasteiger charge is -2.07. The van der Waals surface area contributed by atoms with Crippen molar-refractivity contribution in [2.45, 2.75) is 0 Å². The molecule has 6 nitrogen and oxygen atoms in total. The first-order chi connectivity index (χ1) is 9.43. The molecule has 0 aliphatic rings. The second kappa shape index (κ2) is 6.02. The molecular formula is C10H4Cl2FIN4O2. The van der Waals surface area contributed by atoms with Crippen molar-refractivity contribution in [2.75, 3.05) is 5.73 Å². The Labute approximate surface area is 136 Å². The predicted octanol–water partition coefficient (Wildman–Crippen LogP) is 3.07. The summed E-state index contributed by atoms with van der Waals surface area (Å²) >= 11 is 12.7. The molecule has 0 unspecified atom stereocenters. The first-order valence-electron chi connectivity index (χ1n) is 4.92. The minimum Gasteiger partial charge on any atom is -0.390 e. The van der Waals surface area contributed by atoms with E-state index in [-0.39, 0.29) is 33.1 Å². The summed E-state index contributed by atoms with van der Waals surface area (Å²) in [4.78, 5) is 22.6. The number of halogens is 4. The lowest BCUT2D eigenvalue weighted by atomic mass is 10.2. The summed E-state index contributed by atoms with van der Waals surface area (Å²) < 4.78 is 18.2. The molecule has 2 rings (SSSR count). The van der Waals surface area contributed by atoms with Gasteiger partial charge in [0.2, 0.25) is 5.95 Å². The molecule has 2 N–H and O–H groups in total. The minimum atomic E-state index is -0.895. The van der Waals surface area contributed by atoms with E-state index in [4.69, 9.17) is 28.9 Å². The maximum Gasteiger partial charge on any atom is 0.368 e. The summed E-state index contributed by atoms with van der Waals surface area (Å²) in [6, 6.07) is 2.66. The third kappa shape index (κ3) is 2.91. The fourth-order valence-electron chi connectivity index (χ4n) is 1.34. The number of hydrogen-bond donors (Lipinski definition) is 1. The van der Waals surface area contributed by atoms with Gasteiger partial charge < -0.3 is 8.80 Å². The van der Waals surface area contributed by atoms with E-state index in [2.05, 4.69) is 18.0 Å². The average molecular weight is 429 g/mol. The largest absolute Gasteiger partial charge is 0.390 e. The highest BCUT2D eigenvalue weighted by atomic mass is 127. The summed E-state index contributed by atoms with van der Waals surface area (Å²) in [6.45, 7) is 0. The molecule has 0 aliphatic heterocycles. The lowest BCUT2D eigenvalue weighted by molar-refractivity contribution is 0.0794. The second-order valence-corrected chi connectivity index (χ2v) is 4.64. The molecule has 0 saturated heterocycles. The van der Waals surface area contributed by atoms with Crippen molar-refractivity contribution < 1.29 is 12.3 Å². The highest BCUT2D eigenvalue weighted by molar-refractivity contribution is 14.1. The van der Waals surface area contributed by atoms with E-state index >= 15 is 0 Å². The minimum absolute atomic E-state index is 0.0277. The van der Waals surface area contributed by atoms with Crippen LogP contribution in [-0.2, 0) is 3.07 Å². The molecule has 0 radical (unpaired) electrons. The molecule has 0 amide bonds. The standard InChI is InChI=1S/C10H4Cl2FIN4O2/c11-4-2-1-3(7(13)16-4)9-17-6(10(19)20-14)5(12)8(15)18-9/h1-2H,(H2,15,17,18). The number of carbonyl (C=O) groups excluding carboxylic acids is 1. The summed E-state index contributed by atoms with van der Waals surface area (Å²) in [5.74, 6) is -2.05. The van der Waals surface area contributed by atoms with Gasteiger partial charge in [0.1, 0.15) is 16.0 Å². The molecule has 0 atom stereocenters. The number of rotatable bonds is 2. The summed E-state index contributed by atoms with van der Waals surface area (Å²) in [7, 11) is 0. The normalized spacial score (nSPS) is 10.4. The Hall–Kier alpha value is -1.26. The van der Waals surface area contributed by atoms with E-state index < -0.39 is 11.9 Å². The van der Waals surface area contributed by atoms with Crippen molar-refractivity contribution in [2.24, 2.45) is 0 Å². The molecular weight excluding hydrogens is 425 g/mol. The third-order valence-electron chi connectivity index (χ3n) is 2.20. The zero-order valence-corrected chi connectivity index (χ0v) is 13.1. The highest BCUT2D eigenvalue weighted by Gasteiger charge is 2.21. The van der Waals surface area contributed by atoms with Crippen LogP contribution >= 0.6 is 46.2 Å². The number of aromatic nitrogens is 3. The van der Waals surface area contributed by atoms with Crippen LogP contribution in [0.1, 0.15) is 10.5 Å². The quantitative estimate of drug-likeness (QED) is 0.583. The Morgan fingerprint density at radius 3 is 2.60 bits per heavy atom.